The standard InChI is InChI=1S/C27H33N6O6P/c1-19(2)38-26(34)20(3)32-40(35,39-22-12-8-5-9-13-22)18-36-15-14-33-17-29-23-24(33)30-27(28)31-25(23)37-16-21-10-6-4-7-11-21/h4-13,17,19-20H,14-16,18H2,1-3H3,(H,32,35)(H2,28,30,31)/t20-,40?/m0/s1. The number of anilines is 1. The number of carbonyl (C=O) groups excluding carboxylic acids is 1. The van der Waals surface area contributed by atoms with Gasteiger partial charge in [0, 0.05) is 6.54 Å². The van der Waals surface area contributed by atoms with Crippen LogP contribution < -0.4 is 20.1 Å². The van der Waals surface area contributed by atoms with Crippen molar-refractivity contribution in [2.75, 3.05) is 18.7 Å². The largest absolute Gasteiger partial charge is 0.471 e. The predicted octanol–water partition coefficient (Wildman–Crippen LogP) is 4.16. The second-order valence-electron chi connectivity index (χ2n) is 9.22. The van der Waals surface area contributed by atoms with E-state index >= 15 is 0 Å². The molecule has 2 aromatic heterocycles. The van der Waals surface area contributed by atoms with Gasteiger partial charge in [-0.05, 0) is 38.5 Å². The SMILES string of the molecule is CC(C)OC(=O)[C@H](C)NP(=O)(COCCn1cnc2c(OCc3ccccc3)nc(N)nc21)Oc1ccccc1. The molecule has 0 bridgehead atoms. The number of carbonyl (C=O) groups is 1. The number of para-hydroxylation sites is 1. The lowest BCUT2D eigenvalue weighted by Gasteiger charge is -2.24. The van der Waals surface area contributed by atoms with Gasteiger partial charge in [-0.2, -0.15) is 9.97 Å². The minimum absolute atomic E-state index is 0.0467. The van der Waals surface area contributed by atoms with Gasteiger partial charge in [0.25, 0.3) is 0 Å². The molecule has 0 saturated carbocycles. The molecule has 0 fully saturated rings. The van der Waals surface area contributed by atoms with Gasteiger partial charge in [-0.1, -0.05) is 48.5 Å². The van der Waals surface area contributed by atoms with Crippen LogP contribution >= 0.6 is 7.52 Å². The Morgan fingerprint density at radius 1 is 1.05 bits per heavy atom. The number of hydrogen-bond acceptors (Lipinski definition) is 10. The number of nitrogens with one attached hydrogen (secondary N) is 1. The van der Waals surface area contributed by atoms with E-state index in [1.54, 1.807) is 55.9 Å². The lowest BCUT2D eigenvalue weighted by atomic mass is 10.2. The van der Waals surface area contributed by atoms with Crippen LogP contribution in [0.4, 0.5) is 5.95 Å². The fraction of sp³-hybridized carbons (Fsp3) is 0.333. The quantitative estimate of drug-likeness (QED) is 0.128. The number of nitrogen functional groups attached to an aromatic ring is 1. The zero-order valence-corrected chi connectivity index (χ0v) is 23.5. The molecule has 40 heavy (non-hydrogen) atoms. The van der Waals surface area contributed by atoms with E-state index in [0.717, 1.165) is 5.56 Å². The van der Waals surface area contributed by atoms with Gasteiger partial charge in [-0.15, -0.1) is 0 Å². The van der Waals surface area contributed by atoms with Gasteiger partial charge in [0.2, 0.25) is 11.8 Å². The molecule has 0 aliphatic carbocycles. The van der Waals surface area contributed by atoms with Crippen molar-refractivity contribution < 1.29 is 28.1 Å². The molecular formula is C27H33N6O6P. The van der Waals surface area contributed by atoms with E-state index in [-0.39, 0.29) is 30.9 Å². The number of fused-ring (bicyclic) bond motifs is 1. The van der Waals surface area contributed by atoms with E-state index in [1.807, 2.05) is 36.4 Å². The number of ether oxygens (including phenoxy) is 3. The number of hydrogen-bond donors (Lipinski definition) is 2. The van der Waals surface area contributed by atoms with Crippen LogP contribution in [0.5, 0.6) is 11.6 Å². The van der Waals surface area contributed by atoms with E-state index in [9.17, 15) is 9.36 Å². The van der Waals surface area contributed by atoms with E-state index < -0.39 is 19.5 Å². The Kier molecular flexibility index (Phi) is 9.70. The third kappa shape index (κ3) is 8.01. The van der Waals surface area contributed by atoms with E-state index in [1.165, 1.54) is 0 Å². The van der Waals surface area contributed by atoms with Crippen molar-refractivity contribution in [1.82, 2.24) is 24.6 Å². The average molecular weight is 569 g/mol. The summed E-state index contributed by atoms with van der Waals surface area (Å²) >= 11 is 0. The van der Waals surface area contributed by atoms with Crippen LogP contribution in [0.1, 0.15) is 26.3 Å². The fourth-order valence-electron chi connectivity index (χ4n) is 3.70. The predicted molar refractivity (Wildman–Crippen MR) is 150 cm³/mol. The molecule has 2 aromatic carbocycles. The number of imidazole rings is 1. The highest BCUT2D eigenvalue weighted by Gasteiger charge is 2.31. The van der Waals surface area contributed by atoms with Crippen molar-refractivity contribution in [3.63, 3.8) is 0 Å². The van der Waals surface area contributed by atoms with E-state index in [4.69, 9.17) is 24.5 Å². The highest BCUT2D eigenvalue weighted by Crippen LogP contribution is 2.43. The Bertz CT molecular complexity index is 1450. The van der Waals surface area contributed by atoms with E-state index in [2.05, 4.69) is 20.0 Å². The Balaban J connectivity index is 1.41. The van der Waals surface area contributed by atoms with Crippen LogP contribution in [0, 0.1) is 0 Å². The molecule has 1 unspecified atom stereocenters. The molecule has 4 aromatic rings. The zero-order valence-electron chi connectivity index (χ0n) is 22.6. The number of benzene rings is 2. The first-order valence-corrected chi connectivity index (χ1v) is 14.6. The molecule has 12 nitrogen and oxygen atoms in total. The van der Waals surface area contributed by atoms with Gasteiger partial charge >= 0.3 is 13.5 Å². The second kappa shape index (κ2) is 13.4. The Hall–Kier alpha value is -3.99. The van der Waals surface area contributed by atoms with Gasteiger partial charge in [-0.3, -0.25) is 9.36 Å². The molecule has 0 amide bonds. The van der Waals surface area contributed by atoms with Crippen LogP contribution in [0.3, 0.4) is 0 Å². The summed E-state index contributed by atoms with van der Waals surface area (Å²) in [5, 5.41) is 2.77. The molecule has 2 heterocycles. The van der Waals surface area contributed by atoms with Crippen molar-refractivity contribution in [3.8, 4) is 11.6 Å². The van der Waals surface area contributed by atoms with Crippen LogP contribution in [0.25, 0.3) is 11.2 Å². The lowest BCUT2D eigenvalue weighted by Crippen LogP contribution is -2.36. The van der Waals surface area contributed by atoms with Gasteiger partial charge in [0.05, 0.1) is 19.0 Å². The summed E-state index contributed by atoms with van der Waals surface area (Å²) in [5.41, 5.74) is 7.85. The summed E-state index contributed by atoms with van der Waals surface area (Å²) in [6.07, 6.45) is 0.977. The van der Waals surface area contributed by atoms with Gasteiger partial charge in [0.15, 0.2) is 11.2 Å². The number of aromatic nitrogens is 4. The lowest BCUT2D eigenvalue weighted by molar-refractivity contribution is -0.149. The molecule has 13 heteroatoms. The summed E-state index contributed by atoms with van der Waals surface area (Å²) in [5.74, 6) is 0.158. The monoisotopic (exact) mass is 568 g/mol. The molecule has 0 radical (unpaired) electrons. The highest BCUT2D eigenvalue weighted by atomic mass is 31.2. The molecule has 0 aliphatic rings. The Labute approximate surface area is 232 Å². The smallest absolute Gasteiger partial charge is 0.342 e. The molecule has 3 N–H and O–H groups in total. The van der Waals surface area contributed by atoms with Crippen molar-refractivity contribution in [3.05, 3.63) is 72.6 Å². The van der Waals surface area contributed by atoms with Gasteiger partial charge in [-0.25, -0.2) is 10.1 Å². The number of esters is 1. The summed E-state index contributed by atoms with van der Waals surface area (Å²) in [4.78, 5) is 25.2. The number of nitrogens with zero attached hydrogens (tertiary/aromatic N) is 4. The van der Waals surface area contributed by atoms with E-state index in [0.29, 0.717) is 30.1 Å². The molecule has 212 valence electrons. The topological polar surface area (TPSA) is 153 Å². The third-order valence-electron chi connectivity index (χ3n) is 5.50. The molecule has 0 spiro atoms. The maximum atomic E-state index is 13.7. The molecule has 0 saturated heterocycles. The first-order valence-electron chi connectivity index (χ1n) is 12.8. The van der Waals surface area contributed by atoms with Crippen LogP contribution in [0.2, 0.25) is 0 Å². The van der Waals surface area contributed by atoms with Crippen molar-refractivity contribution in [1.29, 1.82) is 0 Å². The summed E-state index contributed by atoms with van der Waals surface area (Å²) in [7, 11) is -3.67. The summed E-state index contributed by atoms with van der Waals surface area (Å²) in [6.45, 7) is 5.81. The maximum Gasteiger partial charge on any atom is 0.342 e. The normalized spacial score (nSPS) is 13.6. The van der Waals surface area contributed by atoms with Crippen molar-refractivity contribution >= 4 is 30.6 Å². The van der Waals surface area contributed by atoms with Crippen LogP contribution in [0.15, 0.2) is 67.0 Å². The minimum atomic E-state index is -3.67. The molecule has 4 rings (SSSR count). The summed E-state index contributed by atoms with van der Waals surface area (Å²) in [6, 6.07) is 17.5. The molecule has 2 atom stereocenters. The van der Waals surface area contributed by atoms with Crippen molar-refractivity contribution in [2.24, 2.45) is 0 Å². The number of nitrogens with two attached hydrogens (primary N) is 1. The molecule has 0 aliphatic heterocycles. The first-order chi connectivity index (χ1) is 19.2. The van der Waals surface area contributed by atoms with Crippen LogP contribution in [-0.2, 0) is 32.0 Å². The minimum Gasteiger partial charge on any atom is -0.471 e. The Morgan fingerprint density at radius 3 is 2.45 bits per heavy atom. The molecular weight excluding hydrogens is 535 g/mol. The van der Waals surface area contributed by atoms with Gasteiger partial charge in [0.1, 0.15) is 24.7 Å². The maximum absolute atomic E-state index is 13.7. The van der Waals surface area contributed by atoms with Crippen molar-refractivity contribution in [2.45, 2.75) is 46.1 Å². The van der Waals surface area contributed by atoms with Crippen LogP contribution in [-0.4, -0.2) is 50.6 Å². The highest BCUT2D eigenvalue weighted by molar-refractivity contribution is 7.57. The first kappa shape index (κ1) is 29.0. The summed E-state index contributed by atoms with van der Waals surface area (Å²) < 4.78 is 38.1. The third-order valence-corrected chi connectivity index (χ3v) is 7.31. The second-order valence-corrected chi connectivity index (χ2v) is 11.3. The Morgan fingerprint density at radius 2 is 1.75 bits per heavy atom. The van der Waals surface area contributed by atoms with Gasteiger partial charge < -0.3 is 29.0 Å². The number of rotatable bonds is 14. The zero-order chi connectivity index (χ0) is 28.5. The average Bonchev–Trinajstić information content (AvgIpc) is 3.33. The fourth-order valence-corrected chi connectivity index (χ4v) is 5.40.